The largest absolute Gasteiger partial charge is 0.484 e. The molecule has 0 saturated carbocycles. The van der Waals surface area contributed by atoms with Gasteiger partial charge in [0.1, 0.15) is 5.75 Å². The number of halogens is 1. The first-order chi connectivity index (χ1) is 15.0. The fraction of sp³-hybridized carbons (Fsp3) is 0.0870. The summed E-state index contributed by atoms with van der Waals surface area (Å²) in [5, 5.41) is 0. The van der Waals surface area contributed by atoms with Gasteiger partial charge in [-0.15, -0.1) is 0 Å². The number of hydrogen-bond donors (Lipinski definition) is 2. The Morgan fingerprint density at radius 1 is 0.677 bits per heavy atom. The second-order valence-corrected chi connectivity index (χ2v) is 6.32. The van der Waals surface area contributed by atoms with Crippen molar-refractivity contribution in [3.8, 4) is 11.5 Å². The van der Waals surface area contributed by atoms with Crippen LogP contribution < -0.4 is 20.3 Å². The second-order valence-electron chi connectivity index (χ2n) is 6.32. The maximum atomic E-state index is 13.4. The SMILES string of the molecule is O=C(COc1ccc(C(=O)c2ccccc2)cc1)NNC(=O)COc1ccccc1F. The van der Waals surface area contributed by atoms with Crippen LogP contribution in [0.1, 0.15) is 15.9 Å². The van der Waals surface area contributed by atoms with Crippen molar-refractivity contribution in [3.05, 3.63) is 95.8 Å². The number of carbonyl (C=O) groups is 3. The smallest absolute Gasteiger partial charge is 0.276 e. The number of hydrazine groups is 1. The van der Waals surface area contributed by atoms with E-state index in [0.717, 1.165) is 0 Å². The lowest BCUT2D eigenvalue weighted by atomic mass is 10.0. The Kier molecular flexibility index (Phi) is 7.31. The Hall–Kier alpha value is -4.20. The van der Waals surface area contributed by atoms with E-state index in [4.69, 9.17) is 9.47 Å². The van der Waals surface area contributed by atoms with Crippen molar-refractivity contribution < 1.29 is 28.2 Å². The van der Waals surface area contributed by atoms with Crippen LogP contribution in [0.5, 0.6) is 11.5 Å². The maximum absolute atomic E-state index is 13.4. The molecule has 0 saturated heterocycles. The molecule has 2 N–H and O–H groups in total. The lowest BCUT2D eigenvalue weighted by Gasteiger charge is -2.10. The number of para-hydroxylation sites is 1. The molecule has 0 fully saturated rings. The lowest BCUT2D eigenvalue weighted by molar-refractivity contribution is -0.131. The van der Waals surface area contributed by atoms with Crippen molar-refractivity contribution in [2.75, 3.05) is 13.2 Å². The first-order valence-electron chi connectivity index (χ1n) is 9.30. The van der Waals surface area contributed by atoms with Crippen LogP contribution in [0.2, 0.25) is 0 Å². The molecule has 3 aromatic carbocycles. The monoisotopic (exact) mass is 422 g/mol. The highest BCUT2D eigenvalue weighted by atomic mass is 19.1. The number of ether oxygens (including phenoxy) is 2. The number of benzene rings is 3. The first kappa shape index (κ1) is 21.5. The summed E-state index contributed by atoms with van der Waals surface area (Å²) in [6.45, 7) is -0.834. The number of hydrogen-bond acceptors (Lipinski definition) is 5. The molecule has 0 atom stereocenters. The van der Waals surface area contributed by atoms with Crippen LogP contribution in [0.15, 0.2) is 78.9 Å². The van der Waals surface area contributed by atoms with Crippen molar-refractivity contribution in [3.63, 3.8) is 0 Å². The van der Waals surface area contributed by atoms with Crippen molar-refractivity contribution >= 4 is 17.6 Å². The predicted molar refractivity (Wildman–Crippen MR) is 110 cm³/mol. The van der Waals surface area contributed by atoms with Crippen LogP contribution in [0.3, 0.4) is 0 Å². The Labute approximate surface area is 177 Å². The zero-order valence-electron chi connectivity index (χ0n) is 16.3. The highest BCUT2D eigenvalue weighted by Crippen LogP contribution is 2.16. The number of carbonyl (C=O) groups excluding carboxylic acids is 3. The summed E-state index contributed by atoms with van der Waals surface area (Å²) in [5.74, 6) is -1.67. The van der Waals surface area contributed by atoms with Gasteiger partial charge in [0, 0.05) is 11.1 Å². The highest BCUT2D eigenvalue weighted by molar-refractivity contribution is 6.09. The van der Waals surface area contributed by atoms with Gasteiger partial charge >= 0.3 is 0 Å². The van der Waals surface area contributed by atoms with Crippen LogP contribution in [0, 0.1) is 5.82 Å². The van der Waals surface area contributed by atoms with Crippen molar-refractivity contribution in [1.29, 1.82) is 0 Å². The van der Waals surface area contributed by atoms with Gasteiger partial charge in [0.05, 0.1) is 0 Å². The summed E-state index contributed by atoms with van der Waals surface area (Å²) >= 11 is 0. The third kappa shape index (κ3) is 6.40. The summed E-state index contributed by atoms with van der Waals surface area (Å²) in [4.78, 5) is 35.8. The molecule has 8 heteroatoms. The van der Waals surface area contributed by atoms with Gasteiger partial charge in [0.15, 0.2) is 30.6 Å². The molecule has 31 heavy (non-hydrogen) atoms. The van der Waals surface area contributed by atoms with E-state index < -0.39 is 24.2 Å². The average molecular weight is 422 g/mol. The summed E-state index contributed by atoms with van der Waals surface area (Å²) in [7, 11) is 0. The molecule has 0 unspecified atom stereocenters. The molecule has 0 spiro atoms. The normalized spacial score (nSPS) is 10.1. The molecule has 0 aliphatic carbocycles. The molecule has 0 bridgehead atoms. The zero-order valence-corrected chi connectivity index (χ0v) is 16.3. The van der Waals surface area contributed by atoms with Gasteiger partial charge in [-0.05, 0) is 36.4 Å². The number of nitrogens with one attached hydrogen (secondary N) is 2. The third-order valence-corrected chi connectivity index (χ3v) is 4.06. The average Bonchev–Trinajstić information content (AvgIpc) is 2.81. The molecule has 3 aromatic rings. The molecule has 0 aliphatic rings. The van der Waals surface area contributed by atoms with E-state index in [-0.39, 0.29) is 18.1 Å². The summed E-state index contributed by atoms with van der Waals surface area (Å²) in [6.07, 6.45) is 0. The van der Waals surface area contributed by atoms with Crippen LogP contribution in [-0.2, 0) is 9.59 Å². The van der Waals surface area contributed by atoms with E-state index in [1.807, 2.05) is 6.07 Å². The molecule has 0 heterocycles. The lowest BCUT2D eigenvalue weighted by Crippen LogP contribution is -2.45. The van der Waals surface area contributed by atoms with Crippen molar-refractivity contribution in [2.24, 2.45) is 0 Å². The second kappa shape index (κ2) is 10.5. The summed E-state index contributed by atoms with van der Waals surface area (Å²) < 4.78 is 23.8. The molecule has 158 valence electrons. The van der Waals surface area contributed by atoms with Gasteiger partial charge in [0.2, 0.25) is 0 Å². The molecular formula is C23H19FN2O5. The summed E-state index contributed by atoms with van der Waals surface area (Å²) in [6, 6.07) is 20.9. The Balaban J connectivity index is 1.40. The number of rotatable bonds is 8. The Bertz CT molecular complexity index is 1060. The van der Waals surface area contributed by atoms with Gasteiger partial charge in [-0.2, -0.15) is 0 Å². The predicted octanol–water partition coefficient (Wildman–Crippen LogP) is 2.66. The molecule has 0 radical (unpaired) electrons. The van der Waals surface area contributed by atoms with Gasteiger partial charge in [-0.25, -0.2) is 4.39 Å². The van der Waals surface area contributed by atoms with Crippen molar-refractivity contribution in [1.82, 2.24) is 10.9 Å². The van der Waals surface area contributed by atoms with Gasteiger partial charge in [-0.3, -0.25) is 25.2 Å². The molecule has 3 rings (SSSR count). The highest BCUT2D eigenvalue weighted by Gasteiger charge is 2.10. The standard InChI is InChI=1S/C23H19FN2O5/c24-19-8-4-5-9-20(19)31-15-22(28)26-25-21(27)14-30-18-12-10-17(11-13-18)23(29)16-6-2-1-3-7-16/h1-13H,14-15H2,(H,25,27)(H,26,28). The van der Waals surface area contributed by atoms with E-state index in [1.54, 1.807) is 54.6 Å². The van der Waals surface area contributed by atoms with E-state index in [1.165, 1.54) is 18.2 Å². The number of amides is 2. The minimum Gasteiger partial charge on any atom is -0.484 e. The molecule has 2 amide bonds. The molecule has 0 aromatic heterocycles. The Morgan fingerprint density at radius 2 is 1.23 bits per heavy atom. The van der Waals surface area contributed by atoms with E-state index in [0.29, 0.717) is 16.9 Å². The number of ketones is 1. The maximum Gasteiger partial charge on any atom is 0.276 e. The zero-order chi connectivity index (χ0) is 22.1. The minimum atomic E-state index is -0.666. The van der Waals surface area contributed by atoms with Crippen molar-refractivity contribution in [2.45, 2.75) is 0 Å². The van der Waals surface area contributed by atoms with Crippen LogP contribution in [0.25, 0.3) is 0 Å². The van der Waals surface area contributed by atoms with Gasteiger partial charge in [-0.1, -0.05) is 42.5 Å². The fourth-order valence-electron chi connectivity index (χ4n) is 2.52. The molecule has 0 aliphatic heterocycles. The summed E-state index contributed by atoms with van der Waals surface area (Å²) in [5.41, 5.74) is 5.37. The van der Waals surface area contributed by atoms with Crippen LogP contribution in [-0.4, -0.2) is 30.8 Å². The quantitative estimate of drug-likeness (QED) is 0.430. The molecular weight excluding hydrogens is 403 g/mol. The first-order valence-corrected chi connectivity index (χ1v) is 9.30. The van der Waals surface area contributed by atoms with Crippen LogP contribution >= 0.6 is 0 Å². The third-order valence-electron chi connectivity index (χ3n) is 4.06. The Morgan fingerprint density at radius 3 is 1.87 bits per heavy atom. The van der Waals surface area contributed by atoms with Gasteiger partial charge in [0.25, 0.3) is 11.8 Å². The van der Waals surface area contributed by atoms with Crippen LogP contribution in [0.4, 0.5) is 4.39 Å². The molecule has 7 nitrogen and oxygen atoms in total. The van der Waals surface area contributed by atoms with E-state index in [2.05, 4.69) is 10.9 Å². The minimum absolute atomic E-state index is 0.0681. The van der Waals surface area contributed by atoms with Gasteiger partial charge < -0.3 is 9.47 Å². The van der Waals surface area contributed by atoms with E-state index >= 15 is 0 Å². The van der Waals surface area contributed by atoms with E-state index in [9.17, 15) is 18.8 Å². The fourth-order valence-corrected chi connectivity index (χ4v) is 2.52. The topological polar surface area (TPSA) is 93.7 Å².